The van der Waals surface area contributed by atoms with Crippen molar-refractivity contribution in [1.29, 1.82) is 0 Å². The predicted octanol–water partition coefficient (Wildman–Crippen LogP) is 1.36. The number of hydrogen-bond donors (Lipinski definition) is 2. The van der Waals surface area contributed by atoms with E-state index in [2.05, 4.69) is 25.6 Å². The molecular weight excluding hydrogens is 358 g/mol. The third-order valence-electron chi connectivity index (χ3n) is 4.62. The highest BCUT2D eigenvalue weighted by Gasteiger charge is 2.38. The minimum Gasteiger partial charge on any atom is -0.481 e. The van der Waals surface area contributed by atoms with E-state index in [1.807, 2.05) is 6.92 Å². The zero-order valence-corrected chi connectivity index (χ0v) is 15.2. The molecule has 0 aromatic carbocycles. The lowest BCUT2D eigenvalue weighted by Gasteiger charge is -2.21. The molecule has 9 nitrogen and oxygen atoms in total. The van der Waals surface area contributed by atoms with E-state index < -0.39 is 27.6 Å². The van der Waals surface area contributed by atoms with E-state index in [1.165, 1.54) is 12.3 Å². The van der Waals surface area contributed by atoms with Crippen molar-refractivity contribution in [3.63, 3.8) is 0 Å². The second kappa shape index (κ2) is 7.48. The summed E-state index contributed by atoms with van der Waals surface area (Å²) >= 11 is 0. The summed E-state index contributed by atoms with van der Waals surface area (Å²) in [6.45, 7) is 1.92. The first-order valence-corrected chi connectivity index (χ1v) is 10.1. The second-order valence-corrected chi connectivity index (χ2v) is 8.75. The van der Waals surface area contributed by atoms with Crippen LogP contribution < -0.4 is 0 Å². The van der Waals surface area contributed by atoms with Crippen molar-refractivity contribution < 1.29 is 18.3 Å². The molecule has 2 aromatic heterocycles. The zero-order chi connectivity index (χ0) is 18.7. The average Bonchev–Trinajstić information content (AvgIpc) is 3.35. The van der Waals surface area contributed by atoms with E-state index in [9.17, 15) is 18.3 Å². The van der Waals surface area contributed by atoms with Crippen LogP contribution in [0.4, 0.5) is 0 Å². The van der Waals surface area contributed by atoms with Crippen molar-refractivity contribution in [2.24, 2.45) is 5.92 Å². The van der Waals surface area contributed by atoms with Crippen molar-refractivity contribution >= 4 is 15.8 Å². The largest absolute Gasteiger partial charge is 0.481 e. The van der Waals surface area contributed by atoms with Gasteiger partial charge in [0.15, 0.2) is 20.7 Å². The molecule has 0 saturated heterocycles. The Kier molecular flexibility index (Phi) is 5.30. The first-order valence-electron chi connectivity index (χ1n) is 8.58. The van der Waals surface area contributed by atoms with Crippen molar-refractivity contribution in [1.82, 2.24) is 25.6 Å². The summed E-state index contributed by atoms with van der Waals surface area (Å²) in [5.41, 5.74) is 0.739. The molecule has 1 aliphatic carbocycles. The van der Waals surface area contributed by atoms with Gasteiger partial charge in [-0.25, -0.2) is 18.5 Å². The number of pyridine rings is 1. The molecule has 1 fully saturated rings. The number of rotatable bonds is 9. The van der Waals surface area contributed by atoms with Crippen molar-refractivity contribution in [3.8, 4) is 0 Å². The number of aromatic amines is 1. The highest BCUT2D eigenvalue weighted by atomic mass is 32.2. The van der Waals surface area contributed by atoms with E-state index in [-0.39, 0.29) is 10.3 Å². The van der Waals surface area contributed by atoms with Crippen molar-refractivity contribution in [2.75, 3.05) is 0 Å². The number of nitrogens with zero attached hydrogens (tertiary/aromatic N) is 4. The van der Waals surface area contributed by atoms with Gasteiger partial charge in [0.05, 0.1) is 11.2 Å². The van der Waals surface area contributed by atoms with Gasteiger partial charge >= 0.3 is 5.97 Å². The standard InChI is InChI=1S/C16H21N5O4S/c1-2-3-12(16(22)23)13(15-18-20-21-19-15)8-10-4-7-14(17-9-10)26(24,25)11-5-6-11/h4,7,9,11-13H,2-3,5-6,8H2,1H3,(H,22,23)(H,18,19,20,21)/t12-,13-/m0/s1. The summed E-state index contributed by atoms with van der Waals surface area (Å²) in [5.74, 6) is -1.60. The number of nitrogens with one attached hydrogen (secondary N) is 1. The molecule has 0 spiro atoms. The highest BCUT2D eigenvalue weighted by Crippen LogP contribution is 2.33. The Bertz CT molecular complexity index is 847. The van der Waals surface area contributed by atoms with Crippen LogP contribution in [0.25, 0.3) is 0 Å². The Labute approximate surface area is 151 Å². The number of H-pyrrole nitrogens is 1. The van der Waals surface area contributed by atoms with Gasteiger partial charge in [0.1, 0.15) is 0 Å². The molecule has 0 bridgehead atoms. The average molecular weight is 379 g/mol. The monoisotopic (exact) mass is 379 g/mol. The molecule has 2 N–H and O–H groups in total. The number of hydrogen-bond acceptors (Lipinski definition) is 7. The molecular formula is C16H21N5O4S. The van der Waals surface area contributed by atoms with Crippen LogP contribution in [-0.4, -0.2) is 50.4 Å². The summed E-state index contributed by atoms with van der Waals surface area (Å²) in [5, 5.41) is 23.0. The quantitative estimate of drug-likeness (QED) is 0.666. The van der Waals surface area contributed by atoms with Crippen LogP contribution in [-0.2, 0) is 21.1 Å². The first kappa shape index (κ1) is 18.4. The normalized spacial score (nSPS) is 17.0. The van der Waals surface area contributed by atoms with Gasteiger partial charge in [0.25, 0.3) is 0 Å². The molecule has 3 rings (SSSR count). The van der Waals surface area contributed by atoms with E-state index in [0.717, 1.165) is 5.56 Å². The Balaban J connectivity index is 1.83. The van der Waals surface area contributed by atoms with Crippen LogP contribution in [0.5, 0.6) is 0 Å². The molecule has 0 unspecified atom stereocenters. The minimum atomic E-state index is -3.34. The zero-order valence-electron chi connectivity index (χ0n) is 14.4. The molecule has 2 heterocycles. The fourth-order valence-corrected chi connectivity index (χ4v) is 4.62. The summed E-state index contributed by atoms with van der Waals surface area (Å²) < 4.78 is 24.5. The fraction of sp³-hybridized carbons (Fsp3) is 0.562. The number of aliphatic carboxylic acids is 1. The van der Waals surface area contributed by atoms with Crippen LogP contribution in [0.2, 0.25) is 0 Å². The first-order chi connectivity index (χ1) is 12.4. The molecule has 1 aliphatic rings. The lowest BCUT2D eigenvalue weighted by Crippen LogP contribution is -2.25. The number of tetrazole rings is 1. The molecule has 2 aromatic rings. The van der Waals surface area contributed by atoms with E-state index in [0.29, 0.717) is 37.9 Å². The number of carboxylic acids is 1. The van der Waals surface area contributed by atoms with E-state index in [4.69, 9.17) is 0 Å². The third kappa shape index (κ3) is 3.90. The lowest BCUT2D eigenvalue weighted by molar-refractivity contribution is -0.142. The van der Waals surface area contributed by atoms with Gasteiger partial charge in [-0.05, 0) is 47.7 Å². The number of carboxylic acid groups (broad SMARTS) is 1. The van der Waals surface area contributed by atoms with Gasteiger partial charge < -0.3 is 5.11 Å². The second-order valence-electron chi connectivity index (χ2n) is 6.58. The van der Waals surface area contributed by atoms with Gasteiger partial charge in [-0.2, -0.15) is 0 Å². The molecule has 0 amide bonds. The molecule has 0 radical (unpaired) electrons. The predicted molar refractivity (Wildman–Crippen MR) is 91.1 cm³/mol. The summed E-state index contributed by atoms with van der Waals surface area (Å²) in [7, 11) is -3.34. The van der Waals surface area contributed by atoms with E-state index >= 15 is 0 Å². The Morgan fingerprint density at radius 3 is 2.65 bits per heavy atom. The SMILES string of the molecule is CCC[C@H](C(=O)O)[C@H](Cc1ccc(S(=O)(=O)C2CC2)nc1)c1nnn[nH]1. The molecule has 2 atom stereocenters. The fourth-order valence-electron chi connectivity index (χ4n) is 3.06. The van der Waals surface area contributed by atoms with Crippen LogP contribution in [0, 0.1) is 5.92 Å². The van der Waals surface area contributed by atoms with Gasteiger partial charge in [-0.15, -0.1) is 5.10 Å². The summed E-state index contributed by atoms with van der Waals surface area (Å²) in [6, 6.07) is 3.18. The molecule has 1 saturated carbocycles. The molecule has 0 aliphatic heterocycles. The number of carbonyl (C=O) groups is 1. The van der Waals surface area contributed by atoms with Crippen molar-refractivity contribution in [3.05, 3.63) is 29.7 Å². The molecule has 10 heteroatoms. The van der Waals surface area contributed by atoms with Gasteiger partial charge in [-0.1, -0.05) is 19.4 Å². The van der Waals surface area contributed by atoms with Crippen LogP contribution in [0.15, 0.2) is 23.4 Å². The maximum absolute atomic E-state index is 12.2. The maximum atomic E-state index is 12.2. The Hall–Kier alpha value is -2.36. The Morgan fingerprint density at radius 2 is 2.15 bits per heavy atom. The van der Waals surface area contributed by atoms with Crippen LogP contribution >= 0.6 is 0 Å². The van der Waals surface area contributed by atoms with Gasteiger partial charge in [0, 0.05) is 12.1 Å². The van der Waals surface area contributed by atoms with Crippen molar-refractivity contribution in [2.45, 2.75) is 55.2 Å². The number of sulfone groups is 1. The topological polar surface area (TPSA) is 139 Å². The minimum absolute atomic E-state index is 0.0741. The number of aromatic nitrogens is 5. The van der Waals surface area contributed by atoms with Crippen LogP contribution in [0.1, 0.15) is 49.9 Å². The summed E-state index contributed by atoms with van der Waals surface area (Å²) in [6.07, 6.45) is 4.42. The van der Waals surface area contributed by atoms with Gasteiger partial charge in [0.2, 0.25) is 0 Å². The van der Waals surface area contributed by atoms with Gasteiger partial charge in [-0.3, -0.25) is 4.79 Å². The maximum Gasteiger partial charge on any atom is 0.307 e. The smallest absolute Gasteiger partial charge is 0.307 e. The molecule has 140 valence electrons. The van der Waals surface area contributed by atoms with E-state index in [1.54, 1.807) is 6.07 Å². The highest BCUT2D eigenvalue weighted by molar-refractivity contribution is 7.92. The Morgan fingerprint density at radius 1 is 1.38 bits per heavy atom. The summed E-state index contributed by atoms with van der Waals surface area (Å²) in [4.78, 5) is 15.8. The lowest BCUT2D eigenvalue weighted by atomic mass is 9.83. The molecule has 26 heavy (non-hydrogen) atoms. The van der Waals surface area contributed by atoms with Crippen LogP contribution in [0.3, 0.4) is 0 Å². The third-order valence-corrected chi connectivity index (χ3v) is 6.80.